The van der Waals surface area contributed by atoms with Crippen molar-refractivity contribution in [2.24, 2.45) is 5.73 Å². The van der Waals surface area contributed by atoms with E-state index in [0.717, 1.165) is 19.3 Å². The van der Waals surface area contributed by atoms with E-state index in [1.54, 1.807) is 0 Å². The van der Waals surface area contributed by atoms with E-state index < -0.39 is 6.10 Å². The minimum Gasteiger partial charge on any atom is -0.391 e. The summed E-state index contributed by atoms with van der Waals surface area (Å²) in [6, 6.07) is 10.3. The number of hydrogen-bond acceptors (Lipinski definition) is 2. The molecule has 0 saturated heterocycles. The summed E-state index contributed by atoms with van der Waals surface area (Å²) in [6.07, 6.45) is 2.23. The lowest BCUT2D eigenvalue weighted by Crippen LogP contribution is -2.35. The maximum absolute atomic E-state index is 9.96. The quantitative estimate of drug-likeness (QED) is 0.775. The third-order valence-corrected chi connectivity index (χ3v) is 3.26. The molecule has 3 N–H and O–H groups in total. The molecule has 0 spiro atoms. The molecular weight excluding hydrogens is 198 g/mol. The van der Waals surface area contributed by atoms with Crippen molar-refractivity contribution >= 4 is 0 Å². The van der Waals surface area contributed by atoms with Gasteiger partial charge in [0.05, 0.1) is 6.10 Å². The van der Waals surface area contributed by atoms with Gasteiger partial charge in [-0.15, -0.1) is 0 Å². The lowest BCUT2D eigenvalue weighted by atomic mass is 9.88. The molecule has 0 aromatic heterocycles. The molecule has 0 fully saturated rings. The van der Waals surface area contributed by atoms with Gasteiger partial charge in [-0.05, 0) is 30.7 Å². The third kappa shape index (κ3) is 3.62. The molecule has 3 unspecified atom stereocenters. The fourth-order valence-electron chi connectivity index (χ4n) is 2.00. The van der Waals surface area contributed by atoms with Gasteiger partial charge in [-0.3, -0.25) is 0 Å². The molecule has 2 nitrogen and oxygen atoms in total. The Kier molecular flexibility index (Phi) is 5.50. The molecule has 0 aliphatic rings. The Balaban J connectivity index is 2.62. The molecule has 0 radical (unpaired) electrons. The predicted molar refractivity (Wildman–Crippen MR) is 68.4 cm³/mol. The lowest BCUT2D eigenvalue weighted by Gasteiger charge is -2.23. The summed E-state index contributed by atoms with van der Waals surface area (Å²) in [4.78, 5) is 0. The highest BCUT2D eigenvalue weighted by molar-refractivity contribution is 5.19. The van der Waals surface area contributed by atoms with Crippen LogP contribution < -0.4 is 5.73 Å². The number of aliphatic hydroxyl groups is 1. The van der Waals surface area contributed by atoms with Crippen LogP contribution in [-0.2, 0) is 0 Å². The Morgan fingerprint density at radius 1 is 1.12 bits per heavy atom. The van der Waals surface area contributed by atoms with E-state index in [1.165, 1.54) is 5.56 Å². The first-order valence-corrected chi connectivity index (χ1v) is 6.17. The first-order chi connectivity index (χ1) is 7.69. The zero-order valence-electron chi connectivity index (χ0n) is 10.3. The molecule has 0 saturated carbocycles. The van der Waals surface area contributed by atoms with Crippen LogP contribution in [0.5, 0.6) is 0 Å². The van der Waals surface area contributed by atoms with Crippen LogP contribution in [0, 0.1) is 0 Å². The maximum atomic E-state index is 9.96. The van der Waals surface area contributed by atoms with Crippen LogP contribution in [0.4, 0.5) is 0 Å². The van der Waals surface area contributed by atoms with Crippen molar-refractivity contribution in [2.75, 3.05) is 0 Å². The molecule has 16 heavy (non-hydrogen) atoms. The largest absolute Gasteiger partial charge is 0.391 e. The molecule has 0 aliphatic heterocycles. The molecule has 0 heterocycles. The average Bonchev–Trinajstić information content (AvgIpc) is 2.35. The van der Waals surface area contributed by atoms with Gasteiger partial charge in [0, 0.05) is 6.04 Å². The van der Waals surface area contributed by atoms with Crippen molar-refractivity contribution in [1.82, 2.24) is 0 Å². The van der Waals surface area contributed by atoms with Crippen molar-refractivity contribution in [3.05, 3.63) is 35.9 Å². The van der Waals surface area contributed by atoms with Crippen molar-refractivity contribution in [2.45, 2.75) is 51.2 Å². The smallest absolute Gasteiger partial charge is 0.0696 e. The van der Waals surface area contributed by atoms with E-state index in [4.69, 9.17) is 5.73 Å². The van der Waals surface area contributed by atoms with Crippen molar-refractivity contribution < 1.29 is 5.11 Å². The average molecular weight is 221 g/mol. The minimum absolute atomic E-state index is 0.0993. The summed E-state index contributed by atoms with van der Waals surface area (Å²) >= 11 is 0. The predicted octanol–water partition coefficient (Wildman–Crippen LogP) is 2.67. The standard InChI is InChI=1S/C14H23NO/c1-3-11(10-14(16)13(15)4-2)12-8-6-5-7-9-12/h5-9,11,13-14,16H,3-4,10,15H2,1-2H3. The summed E-state index contributed by atoms with van der Waals surface area (Å²) in [5.74, 6) is 0.411. The lowest BCUT2D eigenvalue weighted by molar-refractivity contribution is 0.124. The van der Waals surface area contributed by atoms with E-state index in [2.05, 4.69) is 19.1 Å². The number of aliphatic hydroxyl groups excluding tert-OH is 1. The Bertz CT molecular complexity index is 286. The second kappa shape index (κ2) is 6.66. The number of nitrogens with two attached hydrogens (primary N) is 1. The number of benzene rings is 1. The van der Waals surface area contributed by atoms with Gasteiger partial charge in [-0.1, -0.05) is 44.2 Å². The van der Waals surface area contributed by atoms with E-state index in [0.29, 0.717) is 5.92 Å². The summed E-state index contributed by atoms with van der Waals surface area (Å²) in [6.45, 7) is 4.17. The summed E-state index contributed by atoms with van der Waals surface area (Å²) in [5, 5.41) is 9.96. The first kappa shape index (κ1) is 13.2. The summed E-state index contributed by atoms with van der Waals surface area (Å²) in [7, 11) is 0. The highest BCUT2D eigenvalue weighted by Gasteiger charge is 2.18. The Morgan fingerprint density at radius 2 is 1.75 bits per heavy atom. The Morgan fingerprint density at radius 3 is 2.25 bits per heavy atom. The first-order valence-electron chi connectivity index (χ1n) is 6.17. The molecule has 1 aromatic rings. The van der Waals surface area contributed by atoms with Crippen LogP contribution in [0.2, 0.25) is 0 Å². The molecule has 0 bridgehead atoms. The van der Waals surface area contributed by atoms with Crippen LogP contribution in [0.15, 0.2) is 30.3 Å². The highest BCUT2D eigenvalue weighted by atomic mass is 16.3. The summed E-state index contributed by atoms with van der Waals surface area (Å²) in [5.41, 5.74) is 7.15. The van der Waals surface area contributed by atoms with Gasteiger partial charge in [0.25, 0.3) is 0 Å². The molecule has 0 aliphatic carbocycles. The second-order valence-corrected chi connectivity index (χ2v) is 4.39. The molecule has 0 amide bonds. The van der Waals surface area contributed by atoms with Crippen LogP contribution in [-0.4, -0.2) is 17.3 Å². The fraction of sp³-hybridized carbons (Fsp3) is 0.571. The van der Waals surface area contributed by atoms with Gasteiger partial charge in [-0.2, -0.15) is 0 Å². The van der Waals surface area contributed by atoms with E-state index in [-0.39, 0.29) is 6.04 Å². The van der Waals surface area contributed by atoms with E-state index in [9.17, 15) is 5.11 Å². The van der Waals surface area contributed by atoms with Gasteiger partial charge >= 0.3 is 0 Å². The van der Waals surface area contributed by atoms with E-state index in [1.807, 2.05) is 25.1 Å². The van der Waals surface area contributed by atoms with Crippen molar-refractivity contribution in [3.8, 4) is 0 Å². The van der Waals surface area contributed by atoms with Crippen molar-refractivity contribution in [3.63, 3.8) is 0 Å². The van der Waals surface area contributed by atoms with Crippen LogP contribution >= 0.6 is 0 Å². The van der Waals surface area contributed by atoms with Gasteiger partial charge in [-0.25, -0.2) is 0 Å². The Labute approximate surface area is 98.5 Å². The molecule has 2 heteroatoms. The van der Waals surface area contributed by atoms with Gasteiger partial charge in [0.15, 0.2) is 0 Å². The van der Waals surface area contributed by atoms with Gasteiger partial charge in [0.1, 0.15) is 0 Å². The monoisotopic (exact) mass is 221 g/mol. The maximum Gasteiger partial charge on any atom is 0.0696 e. The number of hydrogen-bond donors (Lipinski definition) is 2. The van der Waals surface area contributed by atoms with Gasteiger partial charge in [0.2, 0.25) is 0 Å². The molecule has 1 rings (SSSR count). The highest BCUT2D eigenvalue weighted by Crippen LogP contribution is 2.25. The molecule has 90 valence electrons. The molecule has 3 atom stereocenters. The van der Waals surface area contributed by atoms with Crippen LogP contribution in [0.25, 0.3) is 0 Å². The SMILES string of the molecule is CCC(CC(O)C(N)CC)c1ccccc1. The number of rotatable bonds is 6. The van der Waals surface area contributed by atoms with Crippen LogP contribution in [0.3, 0.4) is 0 Å². The minimum atomic E-state index is -0.393. The third-order valence-electron chi connectivity index (χ3n) is 3.26. The Hall–Kier alpha value is -0.860. The van der Waals surface area contributed by atoms with Crippen molar-refractivity contribution in [1.29, 1.82) is 0 Å². The second-order valence-electron chi connectivity index (χ2n) is 4.39. The van der Waals surface area contributed by atoms with Crippen LogP contribution in [0.1, 0.15) is 44.6 Å². The molecular formula is C14H23NO. The zero-order valence-corrected chi connectivity index (χ0v) is 10.3. The topological polar surface area (TPSA) is 46.2 Å². The zero-order chi connectivity index (χ0) is 12.0. The summed E-state index contributed by atoms with van der Waals surface area (Å²) < 4.78 is 0. The van der Waals surface area contributed by atoms with Gasteiger partial charge < -0.3 is 10.8 Å². The normalized spacial score (nSPS) is 16.8. The molecule has 1 aromatic carbocycles. The fourth-order valence-corrected chi connectivity index (χ4v) is 2.00. The van der Waals surface area contributed by atoms with E-state index >= 15 is 0 Å².